The van der Waals surface area contributed by atoms with Crippen LogP contribution in [0, 0.1) is 5.82 Å². The van der Waals surface area contributed by atoms with Gasteiger partial charge in [-0.1, -0.05) is 12.1 Å². The zero-order chi connectivity index (χ0) is 21.6. The average Bonchev–Trinajstić information content (AvgIpc) is 2.74. The minimum absolute atomic E-state index is 0.0789. The number of hydrogen-bond donors (Lipinski definition) is 2. The Morgan fingerprint density at radius 2 is 1.90 bits per heavy atom. The lowest BCUT2D eigenvalue weighted by Gasteiger charge is -2.11. The summed E-state index contributed by atoms with van der Waals surface area (Å²) in [6, 6.07) is 12.7. The first-order chi connectivity index (χ1) is 14.4. The second kappa shape index (κ2) is 9.36. The number of anilines is 1. The number of nitrogens with one attached hydrogen (secondary N) is 2. The summed E-state index contributed by atoms with van der Waals surface area (Å²) >= 11 is 0. The monoisotopic (exact) mass is 429 g/mol. The zero-order valence-corrected chi connectivity index (χ0v) is 16.9. The average molecular weight is 429 g/mol. The highest BCUT2D eigenvalue weighted by Gasteiger charge is 2.18. The molecule has 0 saturated carbocycles. The molecule has 0 spiro atoms. The first kappa shape index (κ1) is 21.3. The summed E-state index contributed by atoms with van der Waals surface area (Å²) in [6.07, 6.45) is 3.29. The Morgan fingerprint density at radius 3 is 2.57 bits per heavy atom. The molecule has 0 aliphatic heterocycles. The van der Waals surface area contributed by atoms with E-state index >= 15 is 0 Å². The number of methoxy groups -OCH3 is 1. The first-order valence-electron chi connectivity index (χ1n) is 8.96. The van der Waals surface area contributed by atoms with Gasteiger partial charge in [-0.2, -0.15) is 0 Å². The Bertz CT molecular complexity index is 1120. The maximum absolute atomic E-state index is 13.3. The predicted molar refractivity (Wildman–Crippen MR) is 110 cm³/mol. The fourth-order valence-corrected chi connectivity index (χ4v) is 4.10. The van der Waals surface area contributed by atoms with Crippen molar-refractivity contribution >= 4 is 21.6 Å². The summed E-state index contributed by atoms with van der Waals surface area (Å²) in [6.45, 7) is 0.311. The van der Waals surface area contributed by atoms with Crippen LogP contribution < -0.4 is 15.4 Å². The van der Waals surface area contributed by atoms with Crippen LogP contribution in [0.15, 0.2) is 71.9 Å². The van der Waals surface area contributed by atoms with Crippen molar-refractivity contribution in [2.24, 2.45) is 0 Å². The number of rotatable bonds is 7. The topological polar surface area (TPSA) is 97.4 Å². The minimum atomic E-state index is -3.69. The van der Waals surface area contributed by atoms with Crippen LogP contribution in [0.4, 0.5) is 14.9 Å². The van der Waals surface area contributed by atoms with Crippen LogP contribution in [0.3, 0.4) is 0 Å². The largest absolute Gasteiger partial charge is 0.496 e. The first-order valence-corrected chi connectivity index (χ1v) is 10.6. The number of benzene rings is 2. The summed E-state index contributed by atoms with van der Waals surface area (Å²) in [4.78, 5) is 16.0. The van der Waals surface area contributed by atoms with Crippen LogP contribution >= 0.6 is 0 Å². The number of amides is 2. The molecule has 9 heteroatoms. The van der Waals surface area contributed by atoms with Crippen LogP contribution in [0.5, 0.6) is 5.75 Å². The van der Waals surface area contributed by atoms with Gasteiger partial charge in [0.25, 0.3) is 0 Å². The third-order valence-electron chi connectivity index (χ3n) is 4.24. The van der Waals surface area contributed by atoms with E-state index < -0.39 is 21.7 Å². The second-order valence-electron chi connectivity index (χ2n) is 6.41. The molecule has 0 aliphatic rings. The van der Waals surface area contributed by atoms with Gasteiger partial charge in [-0.3, -0.25) is 4.98 Å². The molecular formula is C21H20FN3O4S. The SMILES string of the molecule is COc1cc(F)ccc1CS(=O)(=O)c1ccc(NC(=O)NCc2cccnc2)cc1. The van der Waals surface area contributed by atoms with Gasteiger partial charge < -0.3 is 15.4 Å². The molecule has 3 rings (SSSR count). The Balaban J connectivity index is 1.63. The van der Waals surface area contributed by atoms with E-state index in [9.17, 15) is 17.6 Å². The molecule has 0 fully saturated rings. The molecule has 0 radical (unpaired) electrons. The van der Waals surface area contributed by atoms with Crippen LogP contribution in [-0.2, 0) is 22.1 Å². The van der Waals surface area contributed by atoms with Crippen LogP contribution in [0.1, 0.15) is 11.1 Å². The smallest absolute Gasteiger partial charge is 0.319 e. The van der Waals surface area contributed by atoms with E-state index in [1.54, 1.807) is 18.5 Å². The van der Waals surface area contributed by atoms with Gasteiger partial charge in [0, 0.05) is 36.3 Å². The van der Waals surface area contributed by atoms with Crippen molar-refractivity contribution < 1.29 is 22.3 Å². The molecule has 0 unspecified atom stereocenters. The number of urea groups is 1. The molecule has 1 heterocycles. The molecule has 2 aromatic carbocycles. The fourth-order valence-electron chi connectivity index (χ4n) is 2.73. The number of nitrogens with zero attached hydrogens (tertiary/aromatic N) is 1. The van der Waals surface area contributed by atoms with Crippen molar-refractivity contribution in [1.29, 1.82) is 0 Å². The highest BCUT2D eigenvalue weighted by molar-refractivity contribution is 7.90. The van der Waals surface area contributed by atoms with E-state index in [-0.39, 0.29) is 16.4 Å². The lowest BCUT2D eigenvalue weighted by atomic mass is 10.2. The molecule has 2 N–H and O–H groups in total. The molecule has 7 nitrogen and oxygen atoms in total. The molecule has 0 saturated heterocycles. The minimum Gasteiger partial charge on any atom is -0.496 e. The third kappa shape index (κ3) is 5.54. The lowest BCUT2D eigenvalue weighted by Crippen LogP contribution is -2.28. The molecular weight excluding hydrogens is 409 g/mol. The van der Waals surface area contributed by atoms with E-state index in [1.807, 2.05) is 6.07 Å². The normalized spacial score (nSPS) is 11.0. The van der Waals surface area contributed by atoms with E-state index in [4.69, 9.17) is 4.74 Å². The lowest BCUT2D eigenvalue weighted by molar-refractivity contribution is 0.251. The highest BCUT2D eigenvalue weighted by Crippen LogP contribution is 2.25. The molecule has 1 aromatic heterocycles. The Morgan fingerprint density at radius 1 is 1.13 bits per heavy atom. The van der Waals surface area contributed by atoms with E-state index in [0.717, 1.165) is 11.6 Å². The van der Waals surface area contributed by atoms with Crippen LogP contribution in [0.2, 0.25) is 0 Å². The number of hydrogen-bond acceptors (Lipinski definition) is 5. The highest BCUT2D eigenvalue weighted by atomic mass is 32.2. The number of carbonyl (C=O) groups excluding carboxylic acids is 1. The van der Waals surface area contributed by atoms with Crippen molar-refractivity contribution in [3.05, 3.63) is 83.9 Å². The van der Waals surface area contributed by atoms with Crippen molar-refractivity contribution in [1.82, 2.24) is 10.3 Å². The van der Waals surface area contributed by atoms with Crippen molar-refractivity contribution in [2.45, 2.75) is 17.2 Å². The van der Waals surface area contributed by atoms with Gasteiger partial charge >= 0.3 is 6.03 Å². The number of carbonyl (C=O) groups is 1. The summed E-state index contributed by atoms with van der Waals surface area (Å²) in [5.41, 5.74) is 1.65. The third-order valence-corrected chi connectivity index (χ3v) is 5.92. The Kier molecular flexibility index (Phi) is 6.63. The quantitative estimate of drug-likeness (QED) is 0.599. The van der Waals surface area contributed by atoms with E-state index in [0.29, 0.717) is 17.8 Å². The number of pyridine rings is 1. The van der Waals surface area contributed by atoms with Gasteiger partial charge in [0.15, 0.2) is 9.84 Å². The maximum Gasteiger partial charge on any atom is 0.319 e. The number of halogens is 1. The van der Waals surface area contributed by atoms with Crippen LogP contribution in [0.25, 0.3) is 0 Å². The molecule has 0 aliphatic carbocycles. The summed E-state index contributed by atoms with van der Waals surface area (Å²) < 4.78 is 43.8. The van der Waals surface area contributed by atoms with Gasteiger partial charge in [-0.05, 0) is 42.0 Å². The van der Waals surface area contributed by atoms with Crippen molar-refractivity contribution in [2.75, 3.05) is 12.4 Å². The predicted octanol–water partition coefficient (Wildman–Crippen LogP) is 3.52. The maximum atomic E-state index is 13.3. The van der Waals surface area contributed by atoms with Crippen molar-refractivity contribution in [3.8, 4) is 5.75 Å². The van der Waals surface area contributed by atoms with Gasteiger partial charge in [0.1, 0.15) is 11.6 Å². The molecule has 156 valence electrons. The van der Waals surface area contributed by atoms with E-state index in [2.05, 4.69) is 15.6 Å². The van der Waals surface area contributed by atoms with E-state index in [1.165, 1.54) is 43.5 Å². The molecule has 0 bridgehead atoms. The van der Waals surface area contributed by atoms with Crippen molar-refractivity contribution in [3.63, 3.8) is 0 Å². The molecule has 3 aromatic rings. The van der Waals surface area contributed by atoms with Gasteiger partial charge in [0.05, 0.1) is 17.8 Å². The standard InChI is InChI=1S/C21H20FN3O4S/c1-29-20-11-17(22)5-4-16(20)14-30(27,28)19-8-6-18(7-9-19)25-21(26)24-13-15-3-2-10-23-12-15/h2-12H,13-14H2,1H3,(H2,24,25,26). The molecule has 2 amide bonds. The number of sulfone groups is 1. The summed E-state index contributed by atoms with van der Waals surface area (Å²) in [5.74, 6) is -0.679. The molecule has 0 atom stereocenters. The Labute approximate surface area is 173 Å². The van der Waals surface area contributed by atoms with Crippen LogP contribution in [-0.4, -0.2) is 26.5 Å². The van der Waals surface area contributed by atoms with Gasteiger partial charge in [-0.15, -0.1) is 0 Å². The fraction of sp³-hybridized carbons (Fsp3) is 0.143. The van der Waals surface area contributed by atoms with Gasteiger partial charge in [-0.25, -0.2) is 17.6 Å². The zero-order valence-electron chi connectivity index (χ0n) is 16.1. The number of aromatic nitrogens is 1. The Hall–Kier alpha value is -3.46. The number of ether oxygens (including phenoxy) is 1. The van der Waals surface area contributed by atoms with Gasteiger partial charge in [0.2, 0.25) is 0 Å². The summed E-state index contributed by atoms with van der Waals surface area (Å²) in [5, 5.41) is 5.33. The second-order valence-corrected chi connectivity index (χ2v) is 8.40. The summed E-state index contributed by atoms with van der Waals surface area (Å²) in [7, 11) is -2.34. The molecule has 30 heavy (non-hydrogen) atoms.